The Kier molecular flexibility index (Phi) is 11.3. The molecule has 0 amide bonds. The molecule has 0 bridgehead atoms. The predicted octanol–water partition coefficient (Wildman–Crippen LogP) is 5.34. The first-order valence-corrected chi connectivity index (χ1v) is 9.21. The van der Waals surface area contributed by atoms with Gasteiger partial charge in [-0.2, -0.15) is 0 Å². The first-order chi connectivity index (χ1) is 13.5. The van der Waals surface area contributed by atoms with Crippen molar-refractivity contribution in [2.45, 2.75) is 34.6 Å². The summed E-state index contributed by atoms with van der Waals surface area (Å²) in [6, 6.07) is 6.05. The summed E-state index contributed by atoms with van der Waals surface area (Å²) >= 11 is 0. The van der Waals surface area contributed by atoms with Gasteiger partial charge in [-0.1, -0.05) is 33.8 Å². The van der Waals surface area contributed by atoms with E-state index in [0.29, 0.717) is 11.8 Å². The third kappa shape index (κ3) is 5.60. The lowest BCUT2D eigenvalue weighted by atomic mass is 10.1. The number of imidazole rings is 1. The van der Waals surface area contributed by atoms with E-state index in [1.165, 1.54) is 31.6 Å². The second-order valence-electron chi connectivity index (χ2n) is 5.10. The molecule has 0 saturated carbocycles. The first kappa shape index (κ1) is 25.2. The molecule has 0 aliphatic heterocycles. The maximum absolute atomic E-state index is 14.6. The molecule has 3 aromatic rings. The summed E-state index contributed by atoms with van der Waals surface area (Å²) < 4.78 is 30.1. The van der Waals surface area contributed by atoms with Gasteiger partial charge >= 0.3 is 0 Å². The van der Waals surface area contributed by atoms with Gasteiger partial charge in [0.15, 0.2) is 12.1 Å². The average molecular weight is 392 g/mol. The van der Waals surface area contributed by atoms with Crippen LogP contribution in [-0.2, 0) is 7.05 Å². The highest BCUT2D eigenvalue weighted by Crippen LogP contribution is 2.30. The molecule has 1 heterocycles. The minimum Gasteiger partial charge on any atom is -0.350 e. The number of carbonyl (C=O) groups excluding carboxylic acids is 1. The van der Waals surface area contributed by atoms with Gasteiger partial charge in [-0.25, -0.2) is 13.8 Å². The maximum Gasteiger partial charge on any atom is 0.175 e. The van der Waals surface area contributed by atoms with Crippen LogP contribution in [0.25, 0.3) is 11.0 Å². The number of hydrogen-bond donors (Lipinski definition) is 2. The molecule has 0 atom stereocenters. The lowest BCUT2D eigenvalue weighted by molar-refractivity contribution is 0.112. The molecule has 3 N–H and O–H groups in total. The van der Waals surface area contributed by atoms with E-state index >= 15 is 0 Å². The Morgan fingerprint density at radius 2 is 1.71 bits per heavy atom. The molecule has 0 spiro atoms. The van der Waals surface area contributed by atoms with Gasteiger partial charge in [0.25, 0.3) is 0 Å². The van der Waals surface area contributed by atoms with Crippen molar-refractivity contribution in [3.8, 4) is 0 Å². The fourth-order valence-corrected chi connectivity index (χ4v) is 2.32. The number of nitrogens with one attached hydrogen (secondary N) is 1. The topological polar surface area (TPSA) is 72.9 Å². The number of nitrogens with zero attached hydrogens (tertiary/aromatic N) is 2. The first-order valence-electron chi connectivity index (χ1n) is 9.21. The summed E-state index contributed by atoms with van der Waals surface area (Å²) in [7, 11) is 3.20. The smallest absolute Gasteiger partial charge is 0.175 e. The van der Waals surface area contributed by atoms with Crippen LogP contribution in [0.5, 0.6) is 0 Å². The monoisotopic (exact) mass is 392 g/mol. The van der Waals surface area contributed by atoms with Gasteiger partial charge in [0, 0.05) is 12.6 Å². The van der Waals surface area contributed by atoms with Crippen LogP contribution in [0.1, 0.15) is 43.6 Å². The molecule has 1 aromatic heterocycles. The quantitative estimate of drug-likeness (QED) is 0.590. The Morgan fingerprint density at radius 3 is 2.25 bits per heavy atom. The van der Waals surface area contributed by atoms with Crippen molar-refractivity contribution in [1.29, 1.82) is 0 Å². The maximum atomic E-state index is 14.6. The van der Waals surface area contributed by atoms with E-state index in [1.807, 2.05) is 27.7 Å². The molecule has 0 aliphatic rings. The number of aromatic nitrogens is 2. The third-order valence-electron chi connectivity index (χ3n) is 3.50. The summed E-state index contributed by atoms with van der Waals surface area (Å²) in [5.74, 6) is -1.20. The number of halogens is 2. The zero-order chi connectivity index (χ0) is 21.9. The van der Waals surface area contributed by atoms with Gasteiger partial charge in [-0.05, 0) is 37.7 Å². The normalized spacial score (nSPS) is 9.21. The Bertz CT molecular complexity index is 892. The molecular formula is C21H30F2N4O. The number of carbonyl (C=O) groups is 1. The number of fused-ring (bicyclic) bond motifs is 1. The molecule has 0 radical (unpaired) electrons. The number of benzene rings is 2. The second-order valence-corrected chi connectivity index (χ2v) is 5.10. The van der Waals surface area contributed by atoms with Gasteiger partial charge in [0.05, 0.1) is 23.2 Å². The minimum atomic E-state index is -0.680. The number of hydrogen-bond acceptors (Lipinski definition) is 4. The summed E-state index contributed by atoms with van der Waals surface area (Å²) in [5, 5.41) is 2.66. The van der Waals surface area contributed by atoms with E-state index in [4.69, 9.17) is 0 Å². The SMILES string of the molecule is CC.CC.CN.Cc1ccc(Nc2c(C=O)cc3c(ncn3C)c2F)c(F)c1. The van der Waals surface area contributed by atoms with E-state index in [2.05, 4.69) is 16.0 Å². The van der Waals surface area contributed by atoms with Gasteiger partial charge in [0.1, 0.15) is 11.3 Å². The van der Waals surface area contributed by atoms with Gasteiger partial charge in [0.2, 0.25) is 0 Å². The predicted molar refractivity (Wildman–Crippen MR) is 113 cm³/mol. The average Bonchev–Trinajstić information content (AvgIpc) is 3.11. The lowest BCUT2D eigenvalue weighted by Crippen LogP contribution is -2.02. The molecule has 0 fully saturated rings. The molecular weight excluding hydrogens is 362 g/mol. The summed E-state index contributed by atoms with van der Waals surface area (Å²) in [5.41, 5.74) is 6.00. The number of anilines is 2. The van der Waals surface area contributed by atoms with Crippen LogP contribution in [0.2, 0.25) is 0 Å². The molecule has 154 valence electrons. The van der Waals surface area contributed by atoms with E-state index in [9.17, 15) is 13.6 Å². The van der Waals surface area contributed by atoms with Crippen LogP contribution in [0.3, 0.4) is 0 Å². The Hall–Kier alpha value is -2.80. The number of nitrogens with two attached hydrogens (primary N) is 1. The zero-order valence-corrected chi connectivity index (χ0v) is 17.6. The molecule has 0 saturated heterocycles. The van der Waals surface area contributed by atoms with E-state index in [0.717, 1.165) is 5.56 Å². The lowest BCUT2D eigenvalue weighted by Gasteiger charge is -2.12. The Morgan fingerprint density at radius 1 is 1.11 bits per heavy atom. The fourth-order valence-electron chi connectivity index (χ4n) is 2.32. The largest absolute Gasteiger partial charge is 0.350 e. The second kappa shape index (κ2) is 12.6. The molecule has 3 rings (SSSR count). The van der Waals surface area contributed by atoms with Crippen LogP contribution < -0.4 is 11.1 Å². The van der Waals surface area contributed by atoms with Crippen LogP contribution in [0.15, 0.2) is 30.6 Å². The molecule has 2 aromatic carbocycles. The van der Waals surface area contributed by atoms with Crippen molar-refractivity contribution in [3.05, 3.63) is 53.4 Å². The fraction of sp³-hybridized carbons (Fsp3) is 0.333. The van der Waals surface area contributed by atoms with Crippen LogP contribution >= 0.6 is 0 Å². The molecule has 7 heteroatoms. The van der Waals surface area contributed by atoms with Gasteiger partial charge in [-0.3, -0.25) is 4.79 Å². The van der Waals surface area contributed by atoms with Crippen molar-refractivity contribution in [3.63, 3.8) is 0 Å². The van der Waals surface area contributed by atoms with Gasteiger partial charge < -0.3 is 15.6 Å². The Balaban J connectivity index is 0.00000111. The van der Waals surface area contributed by atoms with Crippen molar-refractivity contribution in [1.82, 2.24) is 9.55 Å². The highest BCUT2D eigenvalue weighted by Gasteiger charge is 2.17. The van der Waals surface area contributed by atoms with Crippen molar-refractivity contribution in [2.24, 2.45) is 12.8 Å². The number of aldehydes is 1. The summed E-state index contributed by atoms with van der Waals surface area (Å²) in [6.07, 6.45) is 1.99. The van der Waals surface area contributed by atoms with E-state index in [1.54, 1.807) is 24.6 Å². The highest BCUT2D eigenvalue weighted by molar-refractivity contribution is 5.94. The third-order valence-corrected chi connectivity index (χ3v) is 3.50. The number of aryl methyl sites for hydroxylation is 2. The minimum absolute atomic E-state index is 0.0797. The summed E-state index contributed by atoms with van der Waals surface area (Å²) in [4.78, 5) is 15.2. The zero-order valence-electron chi connectivity index (χ0n) is 17.6. The molecule has 28 heavy (non-hydrogen) atoms. The molecule has 0 aliphatic carbocycles. The highest BCUT2D eigenvalue weighted by atomic mass is 19.1. The van der Waals surface area contributed by atoms with E-state index in [-0.39, 0.29) is 22.5 Å². The standard InChI is InChI=1S/C16H13F2N3O.2C2H6.CH5N/c1-9-3-4-12(11(17)5-9)20-15-10(7-22)6-13-16(14(15)18)19-8-21(13)2;3*1-2/h3-8,20H,1-2H3;2*1-2H3;2H2,1H3. The van der Waals surface area contributed by atoms with Crippen molar-refractivity contribution in [2.75, 3.05) is 12.4 Å². The Labute approximate surface area is 165 Å². The van der Waals surface area contributed by atoms with Crippen LogP contribution in [0.4, 0.5) is 20.2 Å². The van der Waals surface area contributed by atoms with Crippen molar-refractivity contribution >= 4 is 28.7 Å². The molecule has 5 nitrogen and oxygen atoms in total. The van der Waals surface area contributed by atoms with Crippen molar-refractivity contribution < 1.29 is 13.6 Å². The number of rotatable bonds is 3. The molecule has 0 unspecified atom stereocenters. The van der Waals surface area contributed by atoms with Crippen LogP contribution in [0, 0.1) is 18.6 Å². The van der Waals surface area contributed by atoms with Crippen LogP contribution in [-0.4, -0.2) is 22.9 Å². The summed E-state index contributed by atoms with van der Waals surface area (Å²) in [6.45, 7) is 9.75. The van der Waals surface area contributed by atoms with Gasteiger partial charge in [-0.15, -0.1) is 0 Å². The van der Waals surface area contributed by atoms with E-state index < -0.39 is 11.6 Å².